The van der Waals surface area contributed by atoms with Crippen molar-refractivity contribution in [2.75, 3.05) is 41.1 Å². The van der Waals surface area contributed by atoms with E-state index in [1.165, 1.54) is 0 Å². The Morgan fingerprint density at radius 3 is 2.48 bits per heavy atom. The average Bonchev–Trinajstić information content (AvgIpc) is 2.53. The summed E-state index contributed by atoms with van der Waals surface area (Å²) in [6.45, 7) is 5.84. The Morgan fingerprint density at radius 2 is 1.90 bits per heavy atom. The lowest BCUT2D eigenvalue weighted by atomic mass is 10.1. The minimum Gasteiger partial charge on any atom is -0.497 e. The van der Waals surface area contributed by atoms with E-state index in [-0.39, 0.29) is 12.1 Å². The third kappa shape index (κ3) is 5.53. The van der Waals surface area contributed by atoms with Gasteiger partial charge in [0.05, 0.1) is 39.6 Å². The number of rotatable bonds is 10. The van der Waals surface area contributed by atoms with Crippen LogP contribution in [-0.4, -0.2) is 47.2 Å². The first-order chi connectivity index (χ1) is 10.2. The first kappa shape index (κ1) is 17.8. The lowest BCUT2D eigenvalue weighted by molar-refractivity contribution is -0.0112. The molecule has 0 bridgehead atoms. The monoisotopic (exact) mass is 297 g/mol. The molecular formula is C16H27NO4. The van der Waals surface area contributed by atoms with E-state index >= 15 is 0 Å². The molecule has 0 radical (unpaired) electrons. The summed E-state index contributed by atoms with van der Waals surface area (Å²) in [4.78, 5) is 0. The third-order valence-corrected chi connectivity index (χ3v) is 3.27. The van der Waals surface area contributed by atoms with Gasteiger partial charge in [-0.05, 0) is 33.0 Å². The van der Waals surface area contributed by atoms with Crippen LogP contribution in [-0.2, 0) is 9.47 Å². The average molecular weight is 297 g/mol. The predicted molar refractivity (Wildman–Crippen MR) is 83.3 cm³/mol. The van der Waals surface area contributed by atoms with Gasteiger partial charge < -0.3 is 24.3 Å². The normalized spacial score (nSPS) is 13.8. The third-order valence-electron chi connectivity index (χ3n) is 3.27. The van der Waals surface area contributed by atoms with Crippen molar-refractivity contribution in [1.82, 2.24) is 5.32 Å². The molecule has 120 valence electrons. The number of hydrogen-bond donors (Lipinski definition) is 1. The van der Waals surface area contributed by atoms with Gasteiger partial charge in [0.2, 0.25) is 0 Å². The Hall–Kier alpha value is -1.30. The van der Waals surface area contributed by atoms with Crippen molar-refractivity contribution in [3.63, 3.8) is 0 Å². The molecule has 0 saturated heterocycles. The van der Waals surface area contributed by atoms with Crippen LogP contribution in [0.1, 0.15) is 25.5 Å². The van der Waals surface area contributed by atoms with E-state index in [0.717, 1.165) is 17.1 Å². The highest BCUT2D eigenvalue weighted by Gasteiger charge is 2.17. The number of benzene rings is 1. The zero-order valence-electron chi connectivity index (χ0n) is 13.6. The summed E-state index contributed by atoms with van der Waals surface area (Å²) < 4.78 is 21.9. The molecule has 0 fully saturated rings. The zero-order valence-corrected chi connectivity index (χ0v) is 13.6. The molecule has 1 rings (SSSR count). The maximum Gasteiger partial charge on any atom is 0.127 e. The highest BCUT2D eigenvalue weighted by atomic mass is 16.5. The van der Waals surface area contributed by atoms with Crippen LogP contribution >= 0.6 is 0 Å². The van der Waals surface area contributed by atoms with Gasteiger partial charge in [-0.3, -0.25) is 0 Å². The van der Waals surface area contributed by atoms with E-state index in [4.69, 9.17) is 18.9 Å². The van der Waals surface area contributed by atoms with E-state index in [1.807, 2.05) is 39.1 Å². The molecule has 0 heterocycles. The SMILES string of the molecule is CCOCC(C)OCC(NC)c1ccc(OC)cc1OC. The molecule has 0 saturated carbocycles. The van der Waals surface area contributed by atoms with E-state index < -0.39 is 0 Å². The Balaban J connectivity index is 2.71. The zero-order chi connectivity index (χ0) is 15.7. The molecule has 0 aromatic heterocycles. The molecule has 1 aromatic carbocycles. The molecule has 5 heteroatoms. The van der Waals surface area contributed by atoms with E-state index in [9.17, 15) is 0 Å². The molecule has 5 nitrogen and oxygen atoms in total. The van der Waals surface area contributed by atoms with Gasteiger partial charge in [0, 0.05) is 18.2 Å². The molecule has 0 amide bonds. The minimum atomic E-state index is 0.0509. The fraction of sp³-hybridized carbons (Fsp3) is 0.625. The predicted octanol–water partition coefficient (Wildman–Crippen LogP) is 2.41. The summed E-state index contributed by atoms with van der Waals surface area (Å²) in [5.74, 6) is 1.56. The van der Waals surface area contributed by atoms with Crippen LogP contribution in [0.5, 0.6) is 11.5 Å². The molecule has 0 aliphatic rings. The largest absolute Gasteiger partial charge is 0.497 e. The second-order valence-corrected chi connectivity index (χ2v) is 4.75. The fourth-order valence-corrected chi connectivity index (χ4v) is 2.03. The van der Waals surface area contributed by atoms with Gasteiger partial charge in [-0.2, -0.15) is 0 Å². The number of methoxy groups -OCH3 is 2. The van der Waals surface area contributed by atoms with Crippen molar-refractivity contribution in [2.24, 2.45) is 0 Å². The van der Waals surface area contributed by atoms with Crippen LogP contribution in [0.2, 0.25) is 0 Å². The molecule has 2 unspecified atom stereocenters. The van der Waals surface area contributed by atoms with Gasteiger partial charge in [-0.15, -0.1) is 0 Å². The van der Waals surface area contributed by atoms with E-state index in [2.05, 4.69) is 5.32 Å². The van der Waals surface area contributed by atoms with Crippen LogP contribution in [0, 0.1) is 0 Å². The lowest BCUT2D eigenvalue weighted by Crippen LogP contribution is -2.26. The number of hydrogen-bond acceptors (Lipinski definition) is 5. The van der Waals surface area contributed by atoms with Crippen LogP contribution in [0.4, 0.5) is 0 Å². The van der Waals surface area contributed by atoms with Crippen LogP contribution in [0.25, 0.3) is 0 Å². The Morgan fingerprint density at radius 1 is 1.14 bits per heavy atom. The fourth-order valence-electron chi connectivity index (χ4n) is 2.03. The van der Waals surface area contributed by atoms with Gasteiger partial charge in [-0.1, -0.05) is 0 Å². The molecule has 2 atom stereocenters. The maximum absolute atomic E-state index is 5.83. The molecule has 0 spiro atoms. The van der Waals surface area contributed by atoms with Gasteiger partial charge in [0.25, 0.3) is 0 Å². The first-order valence-corrected chi connectivity index (χ1v) is 7.24. The Kier molecular flexibility index (Phi) is 8.12. The van der Waals surface area contributed by atoms with Crippen molar-refractivity contribution in [3.05, 3.63) is 23.8 Å². The maximum atomic E-state index is 5.83. The molecule has 21 heavy (non-hydrogen) atoms. The summed E-state index contributed by atoms with van der Waals surface area (Å²) in [7, 11) is 5.21. The van der Waals surface area contributed by atoms with Gasteiger partial charge >= 0.3 is 0 Å². The number of ether oxygens (including phenoxy) is 4. The summed E-state index contributed by atoms with van der Waals surface area (Å²) in [5.41, 5.74) is 1.05. The smallest absolute Gasteiger partial charge is 0.127 e. The number of nitrogens with one attached hydrogen (secondary N) is 1. The van der Waals surface area contributed by atoms with Gasteiger partial charge in [-0.25, -0.2) is 0 Å². The second-order valence-electron chi connectivity index (χ2n) is 4.75. The van der Waals surface area contributed by atoms with Crippen molar-refractivity contribution in [2.45, 2.75) is 26.0 Å². The second kappa shape index (κ2) is 9.60. The van der Waals surface area contributed by atoms with Crippen LogP contribution in [0.3, 0.4) is 0 Å². The summed E-state index contributed by atoms with van der Waals surface area (Å²) in [6.07, 6.45) is 0.0602. The highest BCUT2D eigenvalue weighted by Crippen LogP contribution is 2.29. The molecule has 1 N–H and O–H groups in total. The summed E-state index contributed by atoms with van der Waals surface area (Å²) >= 11 is 0. The molecular weight excluding hydrogens is 270 g/mol. The minimum absolute atomic E-state index is 0.0509. The van der Waals surface area contributed by atoms with Crippen LogP contribution in [0.15, 0.2) is 18.2 Å². The summed E-state index contributed by atoms with van der Waals surface area (Å²) in [5, 5.41) is 3.26. The van der Waals surface area contributed by atoms with Crippen molar-refractivity contribution >= 4 is 0 Å². The van der Waals surface area contributed by atoms with Crippen molar-refractivity contribution in [3.8, 4) is 11.5 Å². The van der Waals surface area contributed by atoms with E-state index in [0.29, 0.717) is 19.8 Å². The molecule has 0 aliphatic carbocycles. The topological polar surface area (TPSA) is 49.0 Å². The van der Waals surface area contributed by atoms with Crippen LogP contribution < -0.4 is 14.8 Å². The van der Waals surface area contributed by atoms with Gasteiger partial charge in [0.1, 0.15) is 11.5 Å². The van der Waals surface area contributed by atoms with Crippen molar-refractivity contribution < 1.29 is 18.9 Å². The standard InChI is InChI=1S/C16H27NO4/c1-6-20-10-12(2)21-11-15(17-3)14-8-7-13(18-4)9-16(14)19-5/h7-9,12,15,17H,6,10-11H2,1-5H3. The van der Waals surface area contributed by atoms with Gasteiger partial charge in [0.15, 0.2) is 0 Å². The summed E-state index contributed by atoms with van der Waals surface area (Å²) in [6, 6.07) is 5.85. The Labute approximate surface area is 127 Å². The molecule has 0 aliphatic heterocycles. The Bertz CT molecular complexity index is 411. The lowest BCUT2D eigenvalue weighted by Gasteiger charge is -2.22. The number of likely N-dealkylation sites (N-methyl/N-ethyl adjacent to an activating group) is 1. The molecule has 1 aromatic rings. The highest BCUT2D eigenvalue weighted by molar-refractivity contribution is 5.42. The van der Waals surface area contributed by atoms with E-state index in [1.54, 1.807) is 14.2 Å². The first-order valence-electron chi connectivity index (χ1n) is 7.24. The quantitative estimate of drug-likeness (QED) is 0.718. The van der Waals surface area contributed by atoms with Crippen molar-refractivity contribution in [1.29, 1.82) is 0 Å².